The summed E-state index contributed by atoms with van der Waals surface area (Å²) in [7, 11) is 0. The highest BCUT2D eigenvalue weighted by atomic mass is 16.5. The molecule has 1 amide bonds. The standard InChI is InChI=1S/C33H41NO4/c1-22(19-25-7-9-27(10-8-25)32(37)34-17-15-30(35)36)16-18-38-29-20-23(2)31(24(3)21-29)26-11-13-28(14-12-26)33(4,5)6/h7-14,20-22H,15-19H2,1-6H3,(H,34,37)(H,35,36). The van der Waals surface area contributed by atoms with Crippen LogP contribution in [0, 0.1) is 19.8 Å². The maximum atomic E-state index is 12.1. The number of aryl methyl sites for hydroxylation is 2. The summed E-state index contributed by atoms with van der Waals surface area (Å²) in [4.78, 5) is 22.7. The fourth-order valence-electron chi connectivity index (χ4n) is 4.66. The Labute approximate surface area is 227 Å². The Kier molecular flexibility index (Phi) is 9.73. The molecule has 5 nitrogen and oxygen atoms in total. The monoisotopic (exact) mass is 515 g/mol. The first-order valence-electron chi connectivity index (χ1n) is 13.4. The maximum Gasteiger partial charge on any atom is 0.305 e. The molecule has 0 spiro atoms. The summed E-state index contributed by atoms with van der Waals surface area (Å²) < 4.78 is 6.14. The van der Waals surface area contributed by atoms with Gasteiger partial charge in [0.15, 0.2) is 0 Å². The van der Waals surface area contributed by atoms with Gasteiger partial charge < -0.3 is 15.2 Å². The third kappa shape index (κ3) is 8.20. The van der Waals surface area contributed by atoms with Crippen molar-refractivity contribution in [1.29, 1.82) is 0 Å². The number of benzene rings is 3. The zero-order valence-corrected chi connectivity index (χ0v) is 23.6. The van der Waals surface area contributed by atoms with Crippen molar-refractivity contribution < 1.29 is 19.4 Å². The number of aliphatic carboxylic acids is 1. The van der Waals surface area contributed by atoms with Crippen molar-refractivity contribution in [3.63, 3.8) is 0 Å². The van der Waals surface area contributed by atoms with Crippen LogP contribution in [0.3, 0.4) is 0 Å². The lowest BCUT2D eigenvalue weighted by Gasteiger charge is -2.20. The lowest BCUT2D eigenvalue weighted by Crippen LogP contribution is -2.25. The van der Waals surface area contributed by atoms with Crippen LogP contribution in [0.5, 0.6) is 5.75 Å². The zero-order valence-electron chi connectivity index (χ0n) is 23.6. The molecular weight excluding hydrogens is 474 g/mol. The molecule has 1 atom stereocenters. The van der Waals surface area contributed by atoms with E-state index in [1.165, 1.54) is 27.8 Å². The van der Waals surface area contributed by atoms with Gasteiger partial charge in [-0.2, -0.15) is 0 Å². The van der Waals surface area contributed by atoms with Crippen LogP contribution in [0.1, 0.15) is 73.1 Å². The van der Waals surface area contributed by atoms with Gasteiger partial charge in [0.1, 0.15) is 5.75 Å². The van der Waals surface area contributed by atoms with Gasteiger partial charge in [0.05, 0.1) is 13.0 Å². The summed E-state index contributed by atoms with van der Waals surface area (Å²) >= 11 is 0. The van der Waals surface area contributed by atoms with Gasteiger partial charge in [-0.3, -0.25) is 9.59 Å². The van der Waals surface area contributed by atoms with Crippen LogP contribution in [0.25, 0.3) is 11.1 Å². The molecule has 2 N–H and O–H groups in total. The molecule has 0 aromatic heterocycles. The number of carboxylic acids is 1. The van der Waals surface area contributed by atoms with Gasteiger partial charge in [-0.1, -0.05) is 64.1 Å². The largest absolute Gasteiger partial charge is 0.494 e. The van der Waals surface area contributed by atoms with Gasteiger partial charge in [-0.25, -0.2) is 0 Å². The molecule has 1 unspecified atom stereocenters. The fraction of sp³-hybridized carbons (Fsp3) is 0.394. The summed E-state index contributed by atoms with van der Waals surface area (Å²) in [6, 6.07) is 20.7. The molecule has 0 radical (unpaired) electrons. The van der Waals surface area contributed by atoms with Gasteiger partial charge in [0, 0.05) is 12.1 Å². The lowest BCUT2D eigenvalue weighted by molar-refractivity contribution is -0.136. The molecule has 38 heavy (non-hydrogen) atoms. The predicted molar refractivity (Wildman–Crippen MR) is 154 cm³/mol. The van der Waals surface area contributed by atoms with E-state index in [0.717, 1.165) is 24.2 Å². The van der Waals surface area contributed by atoms with Crippen molar-refractivity contribution in [3.05, 3.63) is 88.5 Å². The van der Waals surface area contributed by atoms with Crippen LogP contribution in [-0.4, -0.2) is 30.1 Å². The van der Waals surface area contributed by atoms with Crippen LogP contribution >= 0.6 is 0 Å². The molecule has 5 heteroatoms. The Morgan fingerprint density at radius 3 is 2.11 bits per heavy atom. The van der Waals surface area contributed by atoms with Crippen LogP contribution < -0.4 is 10.1 Å². The van der Waals surface area contributed by atoms with Crippen LogP contribution in [-0.2, 0) is 16.6 Å². The number of rotatable bonds is 11. The minimum absolute atomic E-state index is 0.0852. The highest BCUT2D eigenvalue weighted by molar-refractivity contribution is 5.94. The van der Waals surface area contributed by atoms with Crippen molar-refractivity contribution in [2.75, 3.05) is 13.2 Å². The van der Waals surface area contributed by atoms with Crippen molar-refractivity contribution >= 4 is 11.9 Å². The SMILES string of the molecule is Cc1cc(OCCC(C)Cc2ccc(C(=O)NCCC(=O)O)cc2)cc(C)c1-c1ccc(C(C)(C)C)cc1. The minimum atomic E-state index is -0.928. The van der Waals surface area contributed by atoms with E-state index in [9.17, 15) is 9.59 Å². The number of hydrogen-bond donors (Lipinski definition) is 2. The average Bonchev–Trinajstić information content (AvgIpc) is 2.83. The van der Waals surface area contributed by atoms with E-state index in [2.05, 4.69) is 83.3 Å². The molecule has 3 aromatic carbocycles. The van der Waals surface area contributed by atoms with Gasteiger partial charge in [0.2, 0.25) is 0 Å². The maximum absolute atomic E-state index is 12.1. The molecule has 0 aliphatic rings. The fourth-order valence-corrected chi connectivity index (χ4v) is 4.66. The number of nitrogens with one attached hydrogen (secondary N) is 1. The second-order valence-corrected chi connectivity index (χ2v) is 11.3. The van der Waals surface area contributed by atoms with Gasteiger partial charge in [-0.05, 0) is 95.7 Å². The number of hydrogen-bond acceptors (Lipinski definition) is 3. The molecule has 0 bridgehead atoms. The second-order valence-electron chi connectivity index (χ2n) is 11.3. The topological polar surface area (TPSA) is 75.6 Å². The smallest absolute Gasteiger partial charge is 0.305 e. The molecule has 3 rings (SSSR count). The Morgan fingerprint density at radius 2 is 1.55 bits per heavy atom. The van der Waals surface area contributed by atoms with E-state index in [1.54, 1.807) is 12.1 Å². The molecule has 0 aliphatic carbocycles. The Bertz CT molecular complexity index is 1210. The zero-order chi connectivity index (χ0) is 27.9. The molecule has 0 heterocycles. The summed E-state index contributed by atoms with van der Waals surface area (Å²) in [5.74, 6) is 0.147. The summed E-state index contributed by atoms with van der Waals surface area (Å²) in [6.45, 7) is 14.0. The Hall–Kier alpha value is -3.60. The van der Waals surface area contributed by atoms with E-state index in [-0.39, 0.29) is 24.3 Å². The van der Waals surface area contributed by atoms with Crippen LogP contribution in [0.2, 0.25) is 0 Å². The molecule has 3 aromatic rings. The first kappa shape index (κ1) is 29.0. The molecule has 0 fully saturated rings. The lowest BCUT2D eigenvalue weighted by atomic mass is 9.85. The second kappa shape index (κ2) is 12.8. The van der Waals surface area contributed by atoms with Crippen molar-refractivity contribution in [3.8, 4) is 16.9 Å². The number of carbonyl (C=O) groups excluding carboxylic acids is 1. The van der Waals surface area contributed by atoms with Gasteiger partial charge >= 0.3 is 5.97 Å². The number of carboxylic acid groups (broad SMARTS) is 1. The summed E-state index contributed by atoms with van der Waals surface area (Å²) in [5.41, 5.74) is 8.10. The summed E-state index contributed by atoms with van der Waals surface area (Å²) in [5, 5.41) is 11.3. The highest BCUT2D eigenvalue weighted by Gasteiger charge is 2.15. The van der Waals surface area contributed by atoms with E-state index in [0.29, 0.717) is 18.1 Å². The first-order valence-corrected chi connectivity index (χ1v) is 13.4. The van der Waals surface area contributed by atoms with E-state index in [4.69, 9.17) is 9.84 Å². The molecule has 0 aliphatic heterocycles. The summed E-state index contributed by atoms with van der Waals surface area (Å²) in [6.07, 6.45) is 1.73. The van der Waals surface area contributed by atoms with E-state index < -0.39 is 5.97 Å². The van der Waals surface area contributed by atoms with Crippen molar-refractivity contribution in [1.82, 2.24) is 5.32 Å². The molecule has 0 saturated heterocycles. The van der Waals surface area contributed by atoms with Crippen LogP contribution in [0.15, 0.2) is 60.7 Å². The van der Waals surface area contributed by atoms with E-state index >= 15 is 0 Å². The number of amides is 1. The third-order valence-electron chi connectivity index (χ3n) is 6.85. The Morgan fingerprint density at radius 1 is 0.947 bits per heavy atom. The van der Waals surface area contributed by atoms with Crippen LogP contribution in [0.4, 0.5) is 0 Å². The van der Waals surface area contributed by atoms with E-state index in [1.807, 2.05) is 12.1 Å². The molecule has 202 valence electrons. The van der Waals surface area contributed by atoms with Gasteiger partial charge in [0.25, 0.3) is 5.91 Å². The van der Waals surface area contributed by atoms with Crippen molar-refractivity contribution in [2.24, 2.45) is 5.92 Å². The Balaban J connectivity index is 1.51. The number of ether oxygens (including phenoxy) is 1. The average molecular weight is 516 g/mol. The number of carbonyl (C=O) groups is 2. The third-order valence-corrected chi connectivity index (χ3v) is 6.85. The van der Waals surface area contributed by atoms with Gasteiger partial charge in [-0.15, -0.1) is 0 Å². The first-order chi connectivity index (χ1) is 17.9. The normalized spacial score (nSPS) is 12.2. The molecular formula is C33H41NO4. The highest BCUT2D eigenvalue weighted by Crippen LogP contribution is 2.33. The minimum Gasteiger partial charge on any atom is -0.494 e. The van der Waals surface area contributed by atoms with Crippen molar-refractivity contribution in [2.45, 2.75) is 66.2 Å². The predicted octanol–water partition coefficient (Wildman–Crippen LogP) is 7.12. The molecule has 0 saturated carbocycles. The quantitative estimate of drug-likeness (QED) is 0.285.